The molecule has 1 heteroatoms. The number of fused-ring (bicyclic) bond motifs is 1. The first-order valence-corrected chi connectivity index (χ1v) is 3.84. The second-order valence-electron chi connectivity index (χ2n) is 3.59. The van der Waals surface area contributed by atoms with Gasteiger partial charge in [-0.2, -0.15) is 0 Å². The lowest BCUT2D eigenvalue weighted by molar-refractivity contribution is 0.290. The van der Waals surface area contributed by atoms with Crippen LogP contribution in [0.25, 0.3) is 0 Å². The fourth-order valence-corrected chi connectivity index (χ4v) is 1.40. The van der Waals surface area contributed by atoms with Crippen molar-refractivity contribution in [3.05, 3.63) is 29.8 Å². The summed E-state index contributed by atoms with van der Waals surface area (Å²) in [6.07, 6.45) is 0. The number of benzene rings is 1. The van der Waals surface area contributed by atoms with E-state index in [1.165, 1.54) is 5.56 Å². The predicted molar refractivity (Wildman–Crippen MR) is 43.8 cm³/mol. The standard InChI is InChI=1S/C10H11O/c1-10(2)7-11-9-6-4-3-5-8(9)10/h3-5H,7H2,1-2H3. The molecule has 57 valence electrons. The maximum atomic E-state index is 5.46. The molecule has 1 heterocycles. The Morgan fingerprint density at radius 3 is 3.09 bits per heavy atom. The molecule has 0 aliphatic carbocycles. The fraction of sp³-hybridized carbons (Fsp3) is 0.400. The lowest BCUT2D eigenvalue weighted by Crippen LogP contribution is -2.18. The van der Waals surface area contributed by atoms with Crippen molar-refractivity contribution in [3.63, 3.8) is 0 Å². The van der Waals surface area contributed by atoms with Crippen LogP contribution in [0.15, 0.2) is 18.2 Å². The second-order valence-corrected chi connectivity index (χ2v) is 3.59. The first kappa shape index (κ1) is 6.71. The Morgan fingerprint density at radius 1 is 1.55 bits per heavy atom. The summed E-state index contributed by atoms with van der Waals surface area (Å²) in [7, 11) is 0. The molecule has 0 aromatic heterocycles. The molecule has 0 atom stereocenters. The maximum Gasteiger partial charge on any atom is 0.131 e. The molecule has 1 aliphatic rings. The van der Waals surface area contributed by atoms with Crippen molar-refractivity contribution >= 4 is 0 Å². The van der Waals surface area contributed by atoms with E-state index >= 15 is 0 Å². The Kier molecular flexibility index (Phi) is 1.22. The van der Waals surface area contributed by atoms with E-state index in [4.69, 9.17) is 4.74 Å². The molecule has 0 fully saturated rings. The Morgan fingerprint density at radius 2 is 2.36 bits per heavy atom. The van der Waals surface area contributed by atoms with E-state index in [1.54, 1.807) is 0 Å². The third-order valence-corrected chi connectivity index (χ3v) is 2.12. The van der Waals surface area contributed by atoms with Gasteiger partial charge in [-0.15, -0.1) is 0 Å². The summed E-state index contributed by atoms with van der Waals surface area (Å²) in [6.45, 7) is 5.15. The maximum absolute atomic E-state index is 5.46. The van der Waals surface area contributed by atoms with Crippen LogP contribution in [0.4, 0.5) is 0 Å². The van der Waals surface area contributed by atoms with Gasteiger partial charge in [-0.05, 0) is 0 Å². The summed E-state index contributed by atoms with van der Waals surface area (Å²) < 4.78 is 5.46. The molecule has 2 rings (SSSR count). The molecule has 0 bridgehead atoms. The summed E-state index contributed by atoms with van der Waals surface area (Å²) in [5.74, 6) is 0.928. The molecule has 1 aromatic carbocycles. The minimum absolute atomic E-state index is 0.174. The van der Waals surface area contributed by atoms with Crippen LogP contribution in [0.2, 0.25) is 0 Å². The molecule has 1 aliphatic heterocycles. The zero-order chi connectivity index (χ0) is 7.90. The molecule has 0 unspecified atom stereocenters. The van der Waals surface area contributed by atoms with Crippen molar-refractivity contribution in [2.45, 2.75) is 19.3 Å². The molecule has 1 radical (unpaired) electrons. The van der Waals surface area contributed by atoms with E-state index in [9.17, 15) is 0 Å². The summed E-state index contributed by atoms with van der Waals surface area (Å²) >= 11 is 0. The average molecular weight is 147 g/mol. The average Bonchev–Trinajstić information content (AvgIpc) is 2.29. The van der Waals surface area contributed by atoms with Gasteiger partial charge in [0.1, 0.15) is 5.75 Å². The van der Waals surface area contributed by atoms with Gasteiger partial charge in [-0.1, -0.05) is 32.0 Å². The van der Waals surface area contributed by atoms with Gasteiger partial charge >= 0.3 is 0 Å². The third-order valence-electron chi connectivity index (χ3n) is 2.12. The number of hydrogen-bond acceptors (Lipinski definition) is 1. The lowest BCUT2D eigenvalue weighted by atomic mass is 9.87. The van der Waals surface area contributed by atoms with E-state index in [0.717, 1.165) is 12.4 Å². The van der Waals surface area contributed by atoms with Crippen molar-refractivity contribution in [1.29, 1.82) is 0 Å². The smallest absolute Gasteiger partial charge is 0.131 e. The molecular formula is C10H11O. The van der Waals surface area contributed by atoms with Crippen molar-refractivity contribution in [2.24, 2.45) is 0 Å². The highest BCUT2D eigenvalue weighted by Gasteiger charge is 2.30. The minimum atomic E-state index is 0.174. The van der Waals surface area contributed by atoms with Crippen LogP contribution in [0.5, 0.6) is 5.75 Å². The zero-order valence-corrected chi connectivity index (χ0v) is 6.85. The highest BCUT2D eigenvalue weighted by Crippen LogP contribution is 2.37. The topological polar surface area (TPSA) is 9.23 Å². The minimum Gasteiger partial charge on any atom is -0.492 e. The summed E-state index contributed by atoms with van der Waals surface area (Å²) in [5, 5.41) is 0. The van der Waals surface area contributed by atoms with E-state index in [1.807, 2.05) is 12.1 Å². The van der Waals surface area contributed by atoms with Crippen molar-refractivity contribution in [1.82, 2.24) is 0 Å². The number of hydrogen-bond donors (Lipinski definition) is 0. The largest absolute Gasteiger partial charge is 0.492 e. The first-order chi connectivity index (χ1) is 5.20. The summed E-state index contributed by atoms with van der Waals surface area (Å²) in [4.78, 5) is 0. The van der Waals surface area contributed by atoms with Gasteiger partial charge in [0.05, 0.1) is 6.61 Å². The fourth-order valence-electron chi connectivity index (χ4n) is 1.40. The highest BCUT2D eigenvalue weighted by atomic mass is 16.5. The third kappa shape index (κ3) is 0.917. The zero-order valence-electron chi connectivity index (χ0n) is 6.85. The van der Waals surface area contributed by atoms with Crippen LogP contribution in [0.1, 0.15) is 19.4 Å². The molecule has 1 aromatic rings. The van der Waals surface area contributed by atoms with E-state index in [-0.39, 0.29) is 5.41 Å². The number of rotatable bonds is 0. The van der Waals surface area contributed by atoms with Crippen LogP contribution < -0.4 is 4.74 Å². The van der Waals surface area contributed by atoms with Crippen LogP contribution >= 0.6 is 0 Å². The summed E-state index contributed by atoms with van der Waals surface area (Å²) in [6, 6.07) is 9.09. The Balaban J connectivity index is 2.56. The SMILES string of the molecule is CC1(C)COc2[c]cccc21. The van der Waals surface area contributed by atoms with Crippen LogP contribution in [-0.2, 0) is 5.41 Å². The van der Waals surface area contributed by atoms with Gasteiger partial charge < -0.3 is 4.74 Å². The Bertz CT molecular complexity index is 276. The molecule has 1 nitrogen and oxygen atoms in total. The number of ether oxygens (including phenoxy) is 1. The summed E-state index contributed by atoms with van der Waals surface area (Å²) in [5.41, 5.74) is 1.45. The van der Waals surface area contributed by atoms with Gasteiger partial charge in [-0.3, -0.25) is 0 Å². The van der Waals surface area contributed by atoms with Gasteiger partial charge in [0.25, 0.3) is 0 Å². The molecule has 11 heavy (non-hydrogen) atoms. The second kappa shape index (κ2) is 2.00. The van der Waals surface area contributed by atoms with Crippen molar-refractivity contribution < 1.29 is 4.74 Å². The first-order valence-electron chi connectivity index (χ1n) is 3.84. The van der Waals surface area contributed by atoms with Crippen LogP contribution in [-0.4, -0.2) is 6.61 Å². The predicted octanol–water partition coefficient (Wildman–Crippen LogP) is 2.16. The van der Waals surface area contributed by atoms with E-state index < -0.39 is 0 Å². The van der Waals surface area contributed by atoms with Crippen LogP contribution in [0, 0.1) is 6.07 Å². The van der Waals surface area contributed by atoms with Crippen molar-refractivity contribution in [2.75, 3.05) is 6.61 Å². The highest BCUT2D eigenvalue weighted by molar-refractivity contribution is 5.41. The van der Waals surface area contributed by atoms with E-state index in [2.05, 4.69) is 26.0 Å². The Hall–Kier alpha value is -0.980. The monoisotopic (exact) mass is 147 g/mol. The lowest BCUT2D eigenvalue weighted by Gasteiger charge is -2.14. The normalized spacial score (nSPS) is 19.1. The molecule has 0 amide bonds. The number of para-hydroxylation sites is 1. The molecule has 0 saturated heterocycles. The van der Waals surface area contributed by atoms with Gasteiger partial charge in [0, 0.05) is 17.0 Å². The van der Waals surface area contributed by atoms with Gasteiger partial charge in [-0.25, -0.2) is 0 Å². The molecule has 0 saturated carbocycles. The Labute approximate surface area is 67.0 Å². The molecule has 0 spiro atoms. The van der Waals surface area contributed by atoms with Crippen molar-refractivity contribution in [3.8, 4) is 5.75 Å². The molecule has 0 N–H and O–H groups in total. The van der Waals surface area contributed by atoms with Gasteiger partial charge in [0.2, 0.25) is 0 Å². The van der Waals surface area contributed by atoms with Gasteiger partial charge in [0.15, 0.2) is 0 Å². The molecular weight excluding hydrogens is 136 g/mol. The quantitative estimate of drug-likeness (QED) is 0.546. The van der Waals surface area contributed by atoms with Crippen LogP contribution in [0.3, 0.4) is 0 Å². The van der Waals surface area contributed by atoms with E-state index in [0.29, 0.717) is 0 Å².